The van der Waals surface area contributed by atoms with Crippen molar-refractivity contribution in [2.75, 3.05) is 13.7 Å². The van der Waals surface area contributed by atoms with Crippen LogP contribution in [0.15, 0.2) is 18.2 Å². The van der Waals surface area contributed by atoms with E-state index in [9.17, 15) is 4.39 Å². The van der Waals surface area contributed by atoms with Gasteiger partial charge in [-0.3, -0.25) is 0 Å². The van der Waals surface area contributed by atoms with Crippen molar-refractivity contribution in [2.45, 2.75) is 37.5 Å². The minimum Gasteiger partial charge on any atom is -0.484 e. The molecule has 0 aliphatic carbocycles. The van der Waals surface area contributed by atoms with Crippen LogP contribution in [0.4, 0.5) is 4.39 Å². The molecule has 1 N–H and O–H groups in total. The first-order valence-corrected chi connectivity index (χ1v) is 6.42. The zero-order valence-electron chi connectivity index (χ0n) is 10.7. The lowest BCUT2D eigenvalue weighted by atomic mass is 9.83. The normalized spacial score (nSPS) is 34.4. The molecule has 98 valence electrons. The highest BCUT2D eigenvalue weighted by atomic mass is 19.1. The summed E-state index contributed by atoms with van der Waals surface area (Å²) in [7, 11) is 1.93. The highest BCUT2D eigenvalue weighted by Gasteiger charge is 2.48. The molecule has 0 bridgehead atoms. The lowest BCUT2D eigenvalue weighted by Gasteiger charge is -2.41. The second-order valence-corrected chi connectivity index (χ2v) is 5.16. The monoisotopic (exact) mass is 251 g/mol. The Morgan fingerprint density at radius 2 is 2.28 bits per heavy atom. The molecule has 0 amide bonds. The molecule has 3 nitrogen and oxygen atoms in total. The van der Waals surface area contributed by atoms with Gasteiger partial charge >= 0.3 is 0 Å². The van der Waals surface area contributed by atoms with Crippen LogP contribution in [0, 0.1) is 5.82 Å². The van der Waals surface area contributed by atoms with E-state index in [0.717, 1.165) is 18.4 Å². The van der Waals surface area contributed by atoms with Gasteiger partial charge in [0.25, 0.3) is 0 Å². The fraction of sp³-hybridized carbons (Fsp3) is 0.571. The van der Waals surface area contributed by atoms with Crippen molar-refractivity contribution < 1.29 is 13.9 Å². The van der Waals surface area contributed by atoms with E-state index >= 15 is 0 Å². The third-order valence-electron chi connectivity index (χ3n) is 4.20. The molecule has 1 fully saturated rings. The second kappa shape index (κ2) is 4.21. The molecule has 0 saturated carbocycles. The van der Waals surface area contributed by atoms with Gasteiger partial charge in [-0.25, -0.2) is 4.39 Å². The molecule has 1 aromatic carbocycles. The van der Waals surface area contributed by atoms with E-state index in [1.165, 1.54) is 12.1 Å². The van der Waals surface area contributed by atoms with Gasteiger partial charge in [-0.1, -0.05) is 6.07 Å². The SMILES string of the molecule is CNC1CC2(CCOC2C)Oc2cc(F)ccc21. The summed E-state index contributed by atoms with van der Waals surface area (Å²) in [6.45, 7) is 2.74. The maximum absolute atomic E-state index is 13.4. The van der Waals surface area contributed by atoms with Crippen molar-refractivity contribution in [3.8, 4) is 5.75 Å². The topological polar surface area (TPSA) is 30.5 Å². The summed E-state index contributed by atoms with van der Waals surface area (Å²) >= 11 is 0. The number of benzene rings is 1. The van der Waals surface area contributed by atoms with Crippen molar-refractivity contribution in [3.05, 3.63) is 29.6 Å². The summed E-state index contributed by atoms with van der Waals surface area (Å²) in [6.07, 6.45) is 1.77. The minimum absolute atomic E-state index is 0.0461. The Kier molecular flexibility index (Phi) is 2.79. The molecule has 2 heterocycles. The van der Waals surface area contributed by atoms with Crippen molar-refractivity contribution in [1.29, 1.82) is 0 Å². The van der Waals surface area contributed by atoms with E-state index in [0.29, 0.717) is 12.4 Å². The maximum Gasteiger partial charge on any atom is 0.139 e. The van der Waals surface area contributed by atoms with Gasteiger partial charge in [-0.2, -0.15) is 0 Å². The number of halogens is 1. The molecule has 3 unspecified atom stereocenters. The molecular weight excluding hydrogens is 233 g/mol. The Labute approximate surface area is 106 Å². The minimum atomic E-state index is -0.311. The molecule has 1 saturated heterocycles. The quantitative estimate of drug-likeness (QED) is 0.831. The number of rotatable bonds is 1. The number of nitrogens with one attached hydrogen (secondary N) is 1. The van der Waals surface area contributed by atoms with E-state index in [1.54, 1.807) is 6.07 Å². The van der Waals surface area contributed by atoms with Gasteiger partial charge in [0, 0.05) is 30.5 Å². The summed E-state index contributed by atoms with van der Waals surface area (Å²) in [6, 6.07) is 4.96. The molecule has 2 aliphatic rings. The zero-order valence-corrected chi connectivity index (χ0v) is 10.7. The summed E-state index contributed by atoms with van der Waals surface area (Å²) in [5.74, 6) is 0.394. The Morgan fingerprint density at radius 3 is 2.94 bits per heavy atom. The van der Waals surface area contributed by atoms with Crippen LogP contribution in [-0.2, 0) is 4.74 Å². The van der Waals surface area contributed by atoms with E-state index in [1.807, 2.05) is 14.0 Å². The van der Waals surface area contributed by atoms with E-state index in [2.05, 4.69) is 5.32 Å². The first kappa shape index (κ1) is 11.9. The fourth-order valence-corrected chi connectivity index (χ4v) is 3.02. The average molecular weight is 251 g/mol. The maximum atomic E-state index is 13.4. The van der Waals surface area contributed by atoms with E-state index in [-0.39, 0.29) is 23.6 Å². The van der Waals surface area contributed by atoms with Crippen molar-refractivity contribution in [2.24, 2.45) is 0 Å². The third-order valence-corrected chi connectivity index (χ3v) is 4.20. The van der Waals surface area contributed by atoms with Crippen LogP contribution in [0.3, 0.4) is 0 Å². The summed E-state index contributed by atoms with van der Waals surface area (Å²) < 4.78 is 25.1. The highest BCUT2D eigenvalue weighted by Crippen LogP contribution is 2.45. The van der Waals surface area contributed by atoms with Crippen LogP contribution >= 0.6 is 0 Å². The molecule has 0 aromatic heterocycles. The van der Waals surface area contributed by atoms with Crippen molar-refractivity contribution in [3.63, 3.8) is 0 Å². The zero-order chi connectivity index (χ0) is 12.8. The van der Waals surface area contributed by atoms with Crippen LogP contribution in [0.2, 0.25) is 0 Å². The van der Waals surface area contributed by atoms with Gasteiger partial charge in [-0.05, 0) is 20.0 Å². The molecule has 4 heteroatoms. The molecule has 1 spiro atoms. The Hall–Kier alpha value is -1.13. The van der Waals surface area contributed by atoms with Gasteiger partial charge in [0.05, 0.1) is 12.7 Å². The average Bonchev–Trinajstić information content (AvgIpc) is 2.69. The first-order chi connectivity index (χ1) is 8.64. The van der Waals surface area contributed by atoms with Gasteiger partial charge in [0.1, 0.15) is 17.2 Å². The molecule has 18 heavy (non-hydrogen) atoms. The van der Waals surface area contributed by atoms with Crippen LogP contribution < -0.4 is 10.1 Å². The van der Waals surface area contributed by atoms with Crippen LogP contribution in [0.5, 0.6) is 5.75 Å². The van der Waals surface area contributed by atoms with Gasteiger partial charge in [0.15, 0.2) is 0 Å². The number of ether oxygens (including phenoxy) is 2. The number of hydrogen-bond donors (Lipinski definition) is 1. The predicted molar refractivity (Wildman–Crippen MR) is 66.2 cm³/mol. The standard InChI is InChI=1S/C14H18FNO2/c1-9-14(5-6-17-9)8-12(16-2)11-4-3-10(15)7-13(11)18-14/h3-4,7,9,12,16H,5-6,8H2,1-2H3. The Bertz CT molecular complexity index is 465. The van der Waals surface area contributed by atoms with Crippen LogP contribution in [0.25, 0.3) is 0 Å². The summed E-state index contributed by atoms with van der Waals surface area (Å²) in [5.41, 5.74) is 0.720. The van der Waals surface area contributed by atoms with Gasteiger partial charge in [-0.15, -0.1) is 0 Å². The van der Waals surface area contributed by atoms with Crippen molar-refractivity contribution >= 4 is 0 Å². The first-order valence-electron chi connectivity index (χ1n) is 6.42. The summed E-state index contributed by atoms with van der Waals surface area (Å²) in [4.78, 5) is 0. The number of hydrogen-bond acceptors (Lipinski definition) is 3. The third kappa shape index (κ3) is 1.71. The molecule has 3 atom stereocenters. The smallest absolute Gasteiger partial charge is 0.139 e. The van der Waals surface area contributed by atoms with Crippen LogP contribution in [-0.4, -0.2) is 25.4 Å². The van der Waals surface area contributed by atoms with E-state index < -0.39 is 0 Å². The molecular formula is C14H18FNO2. The summed E-state index contributed by atoms with van der Waals surface area (Å²) in [5, 5.41) is 3.29. The molecule has 3 rings (SSSR count). The van der Waals surface area contributed by atoms with Gasteiger partial charge < -0.3 is 14.8 Å². The van der Waals surface area contributed by atoms with Crippen LogP contribution in [0.1, 0.15) is 31.4 Å². The molecule has 2 aliphatic heterocycles. The molecule has 1 aromatic rings. The van der Waals surface area contributed by atoms with Crippen molar-refractivity contribution in [1.82, 2.24) is 5.32 Å². The largest absolute Gasteiger partial charge is 0.484 e. The van der Waals surface area contributed by atoms with E-state index in [4.69, 9.17) is 9.47 Å². The fourth-order valence-electron chi connectivity index (χ4n) is 3.02. The second-order valence-electron chi connectivity index (χ2n) is 5.16. The van der Waals surface area contributed by atoms with Gasteiger partial charge in [0.2, 0.25) is 0 Å². The Morgan fingerprint density at radius 1 is 1.44 bits per heavy atom. The Balaban J connectivity index is 2.02. The number of fused-ring (bicyclic) bond motifs is 1. The lowest BCUT2D eigenvalue weighted by Crippen LogP contribution is -2.48. The highest BCUT2D eigenvalue weighted by molar-refractivity contribution is 5.40. The predicted octanol–water partition coefficient (Wildman–Crippen LogP) is 2.42. The molecule has 0 radical (unpaired) electrons. The lowest BCUT2D eigenvalue weighted by molar-refractivity contribution is -0.0303.